The molecule has 2 aromatic rings. The largest absolute Gasteiger partial charge is 0.508 e. The number of anilines is 1. The van der Waals surface area contributed by atoms with Crippen molar-refractivity contribution in [3.63, 3.8) is 0 Å². The third-order valence-corrected chi connectivity index (χ3v) is 2.58. The number of benzene rings is 2. The van der Waals surface area contributed by atoms with E-state index in [0.29, 0.717) is 11.3 Å². The molecule has 0 radical (unpaired) electrons. The average Bonchev–Trinajstić information content (AvgIpc) is 2.46. The number of phenolic OH excluding ortho intramolecular Hbond substituents is 1. The van der Waals surface area contributed by atoms with Gasteiger partial charge in [0, 0.05) is 17.3 Å². The van der Waals surface area contributed by atoms with Crippen LogP contribution in [0.25, 0.3) is 0 Å². The number of hydrogen-bond donors (Lipinski definition) is 3. The molecule has 0 fully saturated rings. The lowest BCUT2D eigenvalue weighted by atomic mass is 10.2. The molecule has 0 heterocycles. The Hall–Kier alpha value is -2.82. The van der Waals surface area contributed by atoms with Crippen LogP contribution in [0.2, 0.25) is 0 Å². The lowest BCUT2D eigenvalue weighted by Crippen LogP contribution is -2.32. The number of phenols is 1. The molecule has 5 heteroatoms. The van der Waals surface area contributed by atoms with Gasteiger partial charge in [-0.2, -0.15) is 0 Å². The molecule has 0 aliphatic heterocycles. The first-order valence-electron chi connectivity index (χ1n) is 6.07. The molecule has 0 saturated heterocycles. The number of nitrogens with one attached hydrogen (secondary N) is 2. The molecule has 0 aliphatic rings. The van der Waals surface area contributed by atoms with E-state index in [2.05, 4.69) is 10.6 Å². The zero-order chi connectivity index (χ0) is 14.4. The van der Waals surface area contributed by atoms with E-state index in [1.807, 2.05) is 6.07 Å². The molecule has 0 unspecified atom stereocenters. The van der Waals surface area contributed by atoms with Gasteiger partial charge in [-0.3, -0.25) is 9.59 Å². The summed E-state index contributed by atoms with van der Waals surface area (Å²) in [5.74, 6) is -0.604. The molecule has 2 amide bonds. The zero-order valence-corrected chi connectivity index (χ0v) is 10.7. The van der Waals surface area contributed by atoms with E-state index in [-0.39, 0.29) is 24.1 Å². The van der Waals surface area contributed by atoms with Gasteiger partial charge in [0.1, 0.15) is 5.75 Å². The number of amides is 2. The molecule has 0 spiro atoms. The van der Waals surface area contributed by atoms with Crippen LogP contribution in [-0.4, -0.2) is 23.5 Å². The highest BCUT2D eigenvalue weighted by molar-refractivity contribution is 5.99. The highest BCUT2D eigenvalue weighted by Crippen LogP contribution is 2.14. The Bertz CT molecular complexity index is 612. The van der Waals surface area contributed by atoms with Crippen LogP contribution in [0.3, 0.4) is 0 Å². The first-order chi connectivity index (χ1) is 9.65. The Morgan fingerprint density at radius 2 is 1.75 bits per heavy atom. The van der Waals surface area contributed by atoms with Gasteiger partial charge < -0.3 is 15.7 Å². The van der Waals surface area contributed by atoms with Crippen LogP contribution >= 0.6 is 0 Å². The third-order valence-electron chi connectivity index (χ3n) is 2.58. The van der Waals surface area contributed by atoms with E-state index in [4.69, 9.17) is 0 Å². The Balaban J connectivity index is 1.85. The standard InChI is InChI=1S/C15H14N2O3/c18-13-8-4-7-12(9-13)17-14(19)10-16-15(20)11-5-2-1-3-6-11/h1-9,18H,10H2,(H,16,20)(H,17,19). The minimum atomic E-state index is -0.361. The van der Waals surface area contributed by atoms with E-state index in [1.54, 1.807) is 36.4 Å². The molecule has 0 saturated carbocycles. The molecule has 2 aromatic carbocycles. The maximum atomic E-state index is 11.7. The van der Waals surface area contributed by atoms with Gasteiger partial charge in [-0.1, -0.05) is 24.3 Å². The van der Waals surface area contributed by atoms with Gasteiger partial charge in [-0.25, -0.2) is 0 Å². The van der Waals surface area contributed by atoms with Crippen LogP contribution in [0.1, 0.15) is 10.4 Å². The molecule has 20 heavy (non-hydrogen) atoms. The van der Waals surface area contributed by atoms with E-state index in [9.17, 15) is 14.7 Å². The SMILES string of the molecule is O=C(CNC(=O)c1ccccc1)Nc1cccc(O)c1. The number of rotatable bonds is 4. The minimum absolute atomic E-state index is 0.0659. The van der Waals surface area contributed by atoms with Crippen LogP contribution < -0.4 is 10.6 Å². The fourth-order valence-corrected chi connectivity index (χ4v) is 1.64. The van der Waals surface area contributed by atoms with Crippen LogP contribution in [0, 0.1) is 0 Å². The molecule has 3 N–H and O–H groups in total. The van der Waals surface area contributed by atoms with Crippen LogP contribution in [0.15, 0.2) is 54.6 Å². The van der Waals surface area contributed by atoms with Crippen molar-refractivity contribution in [2.45, 2.75) is 0 Å². The topological polar surface area (TPSA) is 78.4 Å². The first kappa shape index (κ1) is 13.6. The number of carbonyl (C=O) groups excluding carboxylic acids is 2. The highest BCUT2D eigenvalue weighted by Gasteiger charge is 2.07. The normalized spacial score (nSPS) is 9.80. The third kappa shape index (κ3) is 3.84. The molecule has 102 valence electrons. The van der Waals surface area contributed by atoms with Crippen molar-refractivity contribution in [1.29, 1.82) is 0 Å². The molecule has 0 atom stereocenters. The minimum Gasteiger partial charge on any atom is -0.508 e. The second-order valence-electron chi connectivity index (χ2n) is 4.15. The van der Waals surface area contributed by atoms with Gasteiger partial charge in [0.25, 0.3) is 5.91 Å². The summed E-state index contributed by atoms with van der Waals surface area (Å²) in [4.78, 5) is 23.4. The zero-order valence-electron chi connectivity index (χ0n) is 10.7. The van der Waals surface area contributed by atoms with Gasteiger partial charge >= 0.3 is 0 Å². The van der Waals surface area contributed by atoms with Crippen molar-refractivity contribution >= 4 is 17.5 Å². The van der Waals surface area contributed by atoms with Gasteiger partial charge in [0.05, 0.1) is 6.54 Å². The summed E-state index contributed by atoms with van der Waals surface area (Å²) < 4.78 is 0. The Morgan fingerprint density at radius 1 is 1.00 bits per heavy atom. The molecular weight excluding hydrogens is 256 g/mol. The monoisotopic (exact) mass is 270 g/mol. The van der Waals surface area contributed by atoms with Crippen molar-refractivity contribution in [2.75, 3.05) is 11.9 Å². The van der Waals surface area contributed by atoms with Crippen LogP contribution in [-0.2, 0) is 4.79 Å². The summed E-state index contributed by atoms with van der Waals surface area (Å²) in [6, 6.07) is 14.9. The fraction of sp³-hybridized carbons (Fsp3) is 0.0667. The second-order valence-corrected chi connectivity index (χ2v) is 4.15. The van der Waals surface area contributed by atoms with Crippen molar-refractivity contribution in [3.8, 4) is 5.75 Å². The predicted molar refractivity (Wildman–Crippen MR) is 75.5 cm³/mol. The summed E-state index contributed by atoms with van der Waals surface area (Å²) in [6.45, 7) is -0.136. The van der Waals surface area contributed by atoms with Gasteiger partial charge in [0.15, 0.2) is 0 Å². The summed E-state index contributed by atoms with van der Waals surface area (Å²) in [6.07, 6.45) is 0. The number of aromatic hydroxyl groups is 1. The predicted octanol–water partition coefficient (Wildman–Crippen LogP) is 1.76. The summed E-state index contributed by atoms with van der Waals surface area (Å²) in [7, 11) is 0. The fourth-order valence-electron chi connectivity index (χ4n) is 1.64. The van der Waals surface area contributed by atoms with Crippen molar-refractivity contribution in [1.82, 2.24) is 5.32 Å². The van der Waals surface area contributed by atoms with Crippen molar-refractivity contribution < 1.29 is 14.7 Å². The smallest absolute Gasteiger partial charge is 0.251 e. The Labute approximate surface area is 116 Å². The first-order valence-corrected chi connectivity index (χ1v) is 6.07. The summed E-state index contributed by atoms with van der Waals surface area (Å²) in [5.41, 5.74) is 0.974. The van der Waals surface area contributed by atoms with E-state index in [1.165, 1.54) is 12.1 Å². The summed E-state index contributed by atoms with van der Waals surface area (Å²) >= 11 is 0. The van der Waals surface area contributed by atoms with E-state index < -0.39 is 0 Å². The molecule has 5 nitrogen and oxygen atoms in total. The van der Waals surface area contributed by atoms with E-state index in [0.717, 1.165) is 0 Å². The van der Waals surface area contributed by atoms with E-state index >= 15 is 0 Å². The maximum Gasteiger partial charge on any atom is 0.251 e. The Kier molecular flexibility index (Phi) is 4.34. The second kappa shape index (κ2) is 6.38. The average molecular weight is 270 g/mol. The van der Waals surface area contributed by atoms with Gasteiger partial charge in [-0.05, 0) is 24.3 Å². The van der Waals surface area contributed by atoms with Gasteiger partial charge in [-0.15, -0.1) is 0 Å². The number of carbonyl (C=O) groups is 2. The molecule has 2 rings (SSSR count). The van der Waals surface area contributed by atoms with Crippen molar-refractivity contribution in [2.24, 2.45) is 0 Å². The summed E-state index contributed by atoms with van der Waals surface area (Å²) in [5, 5.41) is 14.4. The quantitative estimate of drug-likeness (QED) is 0.792. The number of hydrogen-bond acceptors (Lipinski definition) is 3. The van der Waals surface area contributed by atoms with Crippen LogP contribution in [0.5, 0.6) is 5.75 Å². The lowest BCUT2D eigenvalue weighted by molar-refractivity contribution is -0.115. The van der Waals surface area contributed by atoms with Crippen molar-refractivity contribution in [3.05, 3.63) is 60.2 Å². The molecule has 0 aromatic heterocycles. The molecule has 0 bridgehead atoms. The van der Waals surface area contributed by atoms with Crippen LogP contribution in [0.4, 0.5) is 5.69 Å². The van der Waals surface area contributed by atoms with Gasteiger partial charge in [0.2, 0.25) is 5.91 Å². The Morgan fingerprint density at radius 3 is 2.45 bits per heavy atom. The molecular formula is C15H14N2O3. The lowest BCUT2D eigenvalue weighted by Gasteiger charge is -2.07. The highest BCUT2D eigenvalue weighted by atomic mass is 16.3. The maximum absolute atomic E-state index is 11.7. The molecule has 0 aliphatic carbocycles.